The Kier molecular flexibility index (Phi) is 4.69. The SMILES string of the molecule is CC(C)n1cnnc1CN(C)Cc1coc2ccc(Cl)cc2c1=O. The number of halogens is 1. The first-order chi connectivity index (χ1) is 11.5. The fourth-order valence-electron chi connectivity index (χ4n) is 2.65. The molecule has 0 atom stereocenters. The smallest absolute Gasteiger partial charge is 0.197 e. The van der Waals surface area contributed by atoms with Crippen molar-refractivity contribution in [3.05, 3.63) is 57.4 Å². The van der Waals surface area contributed by atoms with Crippen LogP contribution in [0.4, 0.5) is 0 Å². The molecule has 0 radical (unpaired) electrons. The number of fused-ring (bicyclic) bond motifs is 1. The van der Waals surface area contributed by atoms with Gasteiger partial charge >= 0.3 is 0 Å². The molecule has 126 valence electrons. The Morgan fingerprint density at radius 2 is 2.12 bits per heavy atom. The third kappa shape index (κ3) is 3.34. The zero-order valence-electron chi connectivity index (χ0n) is 13.9. The van der Waals surface area contributed by atoms with Crippen molar-refractivity contribution >= 4 is 22.6 Å². The van der Waals surface area contributed by atoms with Crippen molar-refractivity contribution in [3.63, 3.8) is 0 Å². The second-order valence-corrected chi connectivity index (χ2v) is 6.59. The Bertz CT molecular complexity index is 916. The lowest BCUT2D eigenvalue weighted by molar-refractivity contribution is 0.298. The van der Waals surface area contributed by atoms with Crippen LogP contribution >= 0.6 is 11.6 Å². The quantitative estimate of drug-likeness (QED) is 0.709. The molecular formula is C17H19ClN4O2. The molecule has 2 heterocycles. The fraction of sp³-hybridized carbons (Fsp3) is 0.353. The normalized spacial score (nSPS) is 11.8. The zero-order chi connectivity index (χ0) is 17.3. The van der Waals surface area contributed by atoms with Crippen molar-refractivity contribution in [1.82, 2.24) is 19.7 Å². The molecule has 2 aromatic heterocycles. The molecule has 0 N–H and O–H groups in total. The van der Waals surface area contributed by atoms with Crippen molar-refractivity contribution in [2.45, 2.75) is 33.0 Å². The average molecular weight is 347 g/mol. The fourth-order valence-corrected chi connectivity index (χ4v) is 2.82. The summed E-state index contributed by atoms with van der Waals surface area (Å²) in [5.74, 6) is 0.862. The van der Waals surface area contributed by atoms with Crippen LogP contribution in [0.25, 0.3) is 11.0 Å². The van der Waals surface area contributed by atoms with E-state index in [1.807, 2.05) is 16.5 Å². The highest BCUT2D eigenvalue weighted by molar-refractivity contribution is 6.31. The molecule has 3 rings (SSSR count). The molecule has 0 unspecified atom stereocenters. The maximum Gasteiger partial charge on any atom is 0.197 e. The molecule has 0 aliphatic heterocycles. The van der Waals surface area contributed by atoms with Crippen LogP contribution in [0.15, 0.2) is 40.0 Å². The standard InChI is InChI=1S/C17H19ClN4O2/c1-11(2)22-10-19-20-16(22)8-21(3)7-12-9-24-15-5-4-13(18)6-14(15)17(12)23/h4-6,9-11H,7-8H2,1-3H3. The Labute approximate surface area is 144 Å². The second kappa shape index (κ2) is 6.75. The van der Waals surface area contributed by atoms with Crippen LogP contribution in [0.3, 0.4) is 0 Å². The summed E-state index contributed by atoms with van der Waals surface area (Å²) < 4.78 is 7.57. The summed E-state index contributed by atoms with van der Waals surface area (Å²) in [5, 5.41) is 9.14. The van der Waals surface area contributed by atoms with Gasteiger partial charge in [0.1, 0.15) is 17.7 Å². The number of aromatic nitrogens is 3. The van der Waals surface area contributed by atoms with Gasteiger partial charge in [-0.3, -0.25) is 9.69 Å². The maximum absolute atomic E-state index is 12.6. The first kappa shape index (κ1) is 16.7. The van der Waals surface area contributed by atoms with Gasteiger partial charge in [-0.05, 0) is 39.1 Å². The second-order valence-electron chi connectivity index (χ2n) is 6.15. The molecule has 7 heteroatoms. The number of nitrogens with zero attached hydrogens (tertiary/aromatic N) is 4. The minimum atomic E-state index is -0.0593. The summed E-state index contributed by atoms with van der Waals surface area (Å²) in [7, 11) is 1.93. The predicted molar refractivity (Wildman–Crippen MR) is 93.1 cm³/mol. The van der Waals surface area contributed by atoms with E-state index < -0.39 is 0 Å². The van der Waals surface area contributed by atoms with Crippen molar-refractivity contribution in [3.8, 4) is 0 Å². The van der Waals surface area contributed by atoms with Crippen LogP contribution in [0, 0.1) is 0 Å². The van der Waals surface area contributed by atoms with E-state index in [0.717, 1.165) is 5.82 Å². The highest BCUT2D eigenvalue weighted by Gasteiger charge is 2.13. The molecule has 0 saturated carbocycles. The van der Waals surface area contributed by atoms with E-state index >= 15 is 0 Å². The minimum absolute atomic E-state index is 0.0593. The van der Waals surface area contributed by atoms with E-state index in [1.54, 1.807) is 24.5 Å². The van der Waals surface area contributed by atoms with E-state index in [4.69, 9.17) is 16.0 Å². The lowest BCUT2D eigenvalue weighted by atomic mass is 10.1. The molecule has 0 saturated heterocycles. The van der Waals surface area contributed by atoms with Gasteiger partial charge in [0.25, 0.3) is 0 Å². The Morgan fingerprint density at radius 3 is 2.88 bits per heavy atom. The first-order valence-corrected chi connectivity index (χ1v) is 8.10. The van der Waals surface area contributed by atoms with E-state index in [-0.39, 0.29) is 11.5 Å². The highest BCUT2D eigenvalue weighted by atomic mass is 35.5. The lowest BCUT2D eigenvalue weighted by Gasteiger charge is -2.17. The molecule has 3 aromatic rings. The van der Waals surface area contributed by atoms with Gasteiger partial charge in [0.15, 0.2) is 5.43 Å². The van der Waals surface area contributed by atoms with Crippen molar-refractivity contribution < 1.29 is 4.42 Å². The van der Waals surface area contributed by atoms with Crippen LogP contribution < -0.4 is 5.43 Å². The molecule has 24 heavy (non-hydrogen) atoms. The van der Waals surface area contributed by atoms with Crippen LogP contribution in [0.1, 0.15) is 31.3 Å². The summed E-state index contributed by atoms with van der Waals surface area (Å²) in [6, 6.07) is 5.34. The summed E-state index contributed by atoms with van der Waals surface area (Å²) in [4.78, 5) is 14.6. The van der Waals surface area contributed by atoms with Crippen LogP contribution in [-0.4, -0.2) is 26.7 Å². The third-order valence-electron chi connectivity index (χ3n) is 3.86. The number of hydrogen-bond donors (Lipinski definition) is 0. The van der Waals surface area contributed by atoms with E-state index in [9.17, 15) is 4.79 Å². The molecule has 1 aromatic carbocycles. The first-order valence-electron chi connectivity index (χ1n) is 7.72. The maximum atomic E-state index is 12.6. The molecule has 0 spiro atoms. The molecule has 0 bridgehead atoms. The van der Waals surface area contributed by atoms with Crippen LogP contribution in [0.5, 0.6) is 0 Å². The molecular weight excluding hydrogens is 328 g/mol. The van der Waals surface area contributed by atoms with Gasteiger partial charge in [-0.2, -0.15) is 0 Å². The van der Waals surface area contributed by atoms with Gasteiger partial charge in [-0.15, -0.1) is 10.2 Å². The highest BCUT2D eigenvalue weighted by Crippen LogP contribution is 2.18. The summed E-state index contributed by atoms with van der Waals surface area (Å²) in [6.45, 7) is 5.20. The third-order valence-corrected chi connectivity index (χ3v) is 4.10. The van der Waals surface area contributed by atoms with Gasteiger partial charge in [-0.25, -0.2) is 0 Å². The van der Waals surface area contributed by atoms with Crippen molar-refractivity contribution in [2.75, 3.05) is 7.05 Å². The van der Waals surface area contributed by atoms with Crippen molar-refractivity contribution in [1.29, 1.82) is 0 Å². The van der Waals surface area contributed by atoms with Gasteiger partial charge in [0, 0.05) is 23.2 Å². The van der Waals surface area contributed by atoms with E-state index in [2.05, 4.69) is 24.0 Å². The Morgan fingerprint density at radius 1 is 1.33 bits per heavy atom. The van der Waals surface area contributed by atoms with Crippen LogP contribution in [-0.2, 0) is 13.1 Å². The predicted octanol–water partition coefficient (Wildman–Crippen LogP) is 3.25. The lowest BCUT2D eigenvalue weighted by Crippen LogP contribution is -2.24. The molecule has 6 nitrogen and oxygen atoms in total. The minimum Gasteiger partial charge on any atom is -0.464 e. The summed E-state index contributed by atoms with van der Waals surface area (Å²) >= 11 is 5.98. The molecule has 0 fully saturated rings. The molecule has 0 amide bonds. The monoisotopic (exact) mass is 346 g/mol. The van der Waals surface area contributed by atoms with Gasteiger partial charge in [0.05, 0.1) is 18.2 Å². The zero-order valence-corrected chi connectivity index (χ0v) is 14.6. The topological polar surface area (TPSA) is 64.2 Å². The largest absolute Gasteiger partial charge is 0.464 e. The van der Waals surface area contributed by atoms with Gasteiger partial charge in [-0.1, -0.05) is 11.6 Å². The Hall–Kier alpha value is -2.18. The van der Waals surface area contributed by atoms with Gasteiger partial charge in [0.2, 0.25) is 0 Å². The number of benzene rings is 1. The number of hydrogen-bond acceptors (Lipinski definition) is 5. The number of rotatable bonds is 5. The average Bonchev–Trinajstić information content (AvgIpc) is 2.99. The van der Waals surface area contributed by atoms with E-state index in [1.165, 1.54) is 6.26 Å². The molecule has 0 aliphatic carbocycles. The van der Waals surface area contributed by atoms with Gasteiger partial charge < -0.3 is 8.98 Å². The molecule has 0 aliphatic rings. The van der Waals surface area contributed by atoms with E-state index in [0.29, 0.717) is 34.6 Å². The summed E-state index contributed by atoms with van der Waals surface area (Å²) in [5.41, 5.74) is 1.06. The summed E-state index contributed by atoms with van der Waals surface area (Å²) in [6.07, 6.45) is 3.24. The van der Waals surface area contributed by atoms with Crippen molar-refractivity contribution in [2.24, 2.45) is 0 Å². The van der Waals surface area contributed by atoms with Crippen LogP contribution in [0.2, 0.25) is 5.02 Å². The Balaban J connectivity index is 1.83.